The Morgan fingerprint density at radius 3 is 3.07 bits per heavy atom. The number of halogens is 1. The number of thiazole rings is 1. The van der Waals surface area contributed by atoms with Gasteiger partial charge in [-0.1, -0.05) is 17.7 Å². The zero-order valence-corrected chi connectivity index (χ0v) is 9.56. The topological polar surface area (TPSA) is 39.2 Å². The van der Waals surface area contributed by atoms with E-state index in [1.54, 1.807) is 19.1 Å². The van der Waals surface area contributed by atoms with Gasteiger partial charge in [0, 0.05) is 0 Å². The van der Waals surface area contributed by atoms with Gasteiger partial charge in [0.05, 0.1) is 21.8 Å². The van der Waals surface area contributed by atoms with Crippen molar-refractivity contribution in [2.24, 2.45) is 0 Å². The number of aromatic nitrogens is 1. The number of hydrogen-bond donors (Lipinski definition) is 0. The first-order chi connectivity index (χ1) is 7.22. The lowest BCUT2D eigenvalue weighted by Gasteiger charge is -1.94. The summed E-state index contributed by atoms with van der Waals surface area (Å²) < 4.78 is 5.68. The highest BCUT2D eigenvalue weighted by molar-refractivity contribution is 7.20. The van der Waals surface area contributed by atoms with Gasteiger partial charge < -0.3 is 4.74 Å². The molecule has 0 unspecified atom stereocenters. The molecule has 78 valence electrons. The summed E-state index contributed by atoms with van der Waals surface area (Å²) in [5.41, 5.74) is 0.732. The van der Waals surface area contributed by atoms with E-state index in [1.165, 1.54) is 11.3 Å². The van der Waals surface area contributed by atoms with Crippen molar-refractivity contribution in [2.75, 3.05) is 6.61 Å². The molecule has 3 nitrogen and oxygen atoms in total. The van der Waals surface area contributed by atoms with Gasteiger partial charge in [-0.2, -0.15) is 0 Å². The summed E-state index contributed by atoms with van der Waals surface area (Å²) in [6.07, 6.45) is 0. The fourth-order valence-electron chi connectivity index (χ4n) is 1.20. The van der Waals surface area contributed by atoms with Crippen molar-refractivity contribution in [1.29, 1.82) is 0 Å². The van der Waals surface area contributed by atoms with E-state index in [-0.39, 0.29) is 0 Å². The number of fused-ring (bicyclic) bond motifs is 1. The first kappa shape index (κ1) is 10.4. The van der Waals surface area contributed by atoms with E-state index < -0.39 is 5.97 Å². The van der Waals surface area contributed by atoms with Crippen LogP contribution in [-0.2, 0) is 4.74 Å². The molecule has 0 atom stereocenters. The quantitative estimate of drug-likeness (QED) is 0.759. The number of carbonyl (C=O) groups is 1. The van der Waals surface area contributed by atoms with Crippen LogP contribution in [0.5, 0.6) is 0 Å². The van der Waals surface area contributed by atoms with Gasteiger partial charge in [0.25, 0.3) is 0 Å². The largest absolute Gasteiger partial charge is 0.461 e. The molecule has 2 aromatic rings. The van der Waals surface area contributed by atoms with Gasteiger partial charge in [0.2, 0.25) is 5.01 Å². The second-order valence-corrected chi connectivity index (χ2v) is 4.23. The van der Waals surface area contributed by atoms with Crippen LogP contribution in [-0.4, -0.2) is 17.6 Å². The van der Waals surface area contributed by atoms with Gasteiger partial charge in [0.15, 0.2) is 0 Å². The Balaban J connectivity index is 2.47. The minimum Gasteiger partial charge on any atom is -0.461 e. The van der Waals surface area contributed by atoms with E-state index in [1.807, 2.05) is 6.07 Å². The van der Waals surface area contributed by atoms with Gasteiger partial charge in [0.1, 0.15) is 0 Å². The highest BCUT2D eigenvalue weighted by Crippen LogP contribution is 2.29. The van der Waals surface area contributed by atoms with Crippen LogP contribution in [0.15, 0.2) is 18.2 Å². The predicted octanol–water partition coefficient (Wildman–Crippen LogP) is 3.13. The van der Waals surface area contributed by atoms with Crippen molar-refractivity contribution in [3.8, 4) is 0 Å². The van der Waals surface area contributed by atoms with E-state index in [0.29, 0.717) is 16.6 Å². The van der Waals surface area contributed by atoms with Crippen molar-refractivity contribution in [2.45, 2.75) is 6.92 Å². The van der Waals surface area contributed by atoms with Crippen LogP contribution in [0.2, 0.25) is 5.02 Å². The predicted molar refractivity (Wildman–Crippen MR) is 60.6 cm³/mol. The Labute approximate surface area is 95.6 Å². The van der Waals surface area contributed by atoms with Gasteiger partial charge in [-0.05, 0) is 19.1 Å². The lowest BCUT2D eigenvalue weighted by atomic mass is 10.3. The fraction of sp³-hybridized carbons (Fsp3) is 0.200. The van der Waals surface area contributed by atoms with Gasteiger partial charge in [-0.25, -0.2) is 9.78 Å². The molecular weight excluding hydrogens is 234 g/mol. The Morgan fingerprint density at radius 2 is 2.40 bits per heavy atom. The van der Waals surface area contributed by atoms with Crippen LogP contribution < -0.4 is 0 Å². The summed E-state index contributed by atoms with van der Waals surface area (Å²) >= 11 is 7.22. The molecule has 0 saturated heterocycles. The molecule has 0 aliphatic rings. The van der Waals surface area contributed by atoms with Crippen LogP contribution in [0, 0.1) is 0 Å². The number of carbonyl (C=O) groups excluding carboxylic acids is 1. The number of rotatable bonds is 2. The van der Waals surface area contributed by atoms with Crippen molar-refractivity contribution < 1.29 is 9.53 Å². The van der Waals surface area contributed by atoms with Crippen LogP contribution in [0.3, 0.4) is 0 Å². The van der Waals surface area contributed by atoms with Gasteiger partial charge >= 0.3 is 5.97 Å². The molecule has 0 N–H and O–H groups in total. The minimum absolute atomic E-state index is 0.347. The average Bonchev–Trinajstić information content (AvgIpc) is 2.63. The summed E-state index contributed by atoms with van der Waals surface area (Å²) in [6.45, 7) is 2.11. The van der Waals surface area contributed by atoms with E-state index >= 15 is 0 Å². The van der Waals surface area contributed by atoms with Crippen molar-refractivity contribution in [3.63, 3.8) is 0 Å². The summed E-state index contributed by atoms with van der Waals surface area (Å²) in [4.78, 5) is 15.6. The molecule has 0 saturated carbocycles. The smallest absolute Gasteiger partial charge is 0.367 e. The molecule has 0 aliphatic heterocycles. The van der Waals surface area contributed by atoms with Crippen molar-refractivity contribution in [3.05, 3.63) is 28.2 Å². The number of esters is 1. The van der Waals surface area contributed by atoms with Crippen LogP contribution in [0.4, 0.5) is 0 Å². The monoisotopic (exact) mass is 241 g/mol. The minimum atomic E-state index is -0.394. The summed E-state index contributed by atoms with van der Waals surface area (Å²) in [5, 5.41) is 0.959. The lowest BCUT2D eigenvalue weighted by molar-refractivity contribution is 0.0526. The summed E-state index contributed by atoms with van der Waals surface area (Å²) in [7, 11) is 0. The molecule has 1 aromatic heterocycles. The highest BCUT2D eigenvalue weighted by atomic mass is 35.5. The molecule has 5 heteroatoms. The van der Waals surface area contributed by atoms with E-state index in [4.69, 9.17) is 16.3 Å². The standard InChI is InChI=1S/C10H8ClNO2S/c1-2-14-10(13)9-12-7-5-3-4-6(11)8(7)15-9/h3-5H,2H2,1H3. The first-order valence-corrected chi connectivity index (χ1v) is 5.64. The zero-order valence-electron chi connectivity index (χ0n) is 7.99. The summed E-state index contributed by atoms with van der Waals surface area (Å²) in [6, 6.07) is 5.40. The molecule has 1 aromatic carbocycles. The Kier molecular flexibility index (Phi) is 2.88. The molecule has 0 aliphatic carbocycles. The molecule has 0 radical (unpaired) electrons. The maximum atomic E-state index is 11.4. The molecule has 2 rings (SSSR count). The van der Waals surface area contributed by atoms with Crippen molar-refractivity contribution >= 4 is 39.1 Å². The van der Waals surface area contributed by atoms with E-state index in [0.717, 1.165) is 10.2 Å². The molecule has 1 heterocycles. The van der Waals surface area contributed by atoms with Crippen LogP contribution in [0.1, 0.15) is 16.7 Å². The molecule has 0 spiro atoms. The Morgan fingerprint density at radius 1 is 1.60 bits per heavy atom. The SMILES string of the molecule is CCOC(=O)c1nc2cccc(Cl)c2s1. The third kappa shape index (κ3) is 1.96. The number of benzene rings is 1. The molecule has 0 bridgehead atoms. The lowest BCUT2D eigenvalue weighted by Crippen LogP contribution is -2.03. The number of hydrogen-bond acceptors (Lipinski definition) is 4. The Hall–Kier alpha value is -1.13. The fourth-order valence-corrected chi connectivity index (χ4v) is 2.34. The molecule has 0 fully saturated rings. The summed E-state index contributed by atoms with van der Waals surface area (Å²) in [5.74, 6) is -0.394. The highest BCUT2D eigenvalue weighted by Gasteiger charge is 2.14. The molecule has 15 heavy (non-hydrogen) atoms. The first-order valence-electron chi connectivity index (χ1n) is 4.44. The van der Waals surface area contributed by atoms with Crippen LogP contribution >= 0.6 is 22.9 Å². The third-order valence-electron chi connectivity index (χ3n) is 1.82. The molecular formula is C10H8ClNO2S. The van der Waals surface area contributed by atoms with Gasteiger partial charge in [-0.3, -0.25) is 0 Å². The average molecular weight is 242 g/mol. The number of ether oxygens (including phenoxy) is 1. The van der Waals surface area contributed by atoms with E-state index in [2.05, 4.69) is 4.98 Å². The maximum Gasteiger partial charge on any atom is 0.367 e. The third-order valence-corrected chi connectivity index (χ3v) is 3.33. The second kappa shape index (κ2) is 4.16. The molecule has 0 amide bonds. The Bertz CT molecular complexity index is 509. The normalized spacial score (nSPS) is 10.5. The zero-order chi connectivity index (χ0) is 10.8. The number of nitrogens with zero attached hydrogens (tertiary/aromatic N) is 1. The van der Waals surface area contributed by atoms with Crippen LogP contribution in [0.25, 0.3) is 10.2 Å². The van der Waals surface area contributed by atoms with E-state index in [9.17, 15) is 4.79 Å². The van der Waals surface area contributed by atoms with Crippen molar-refractivity contribution in [1.82, 2.24) is 4.98 Å². The maximum absolute atomic E-state index is 11.4. The van der Waals surface area contributed by atoms with Gasteiger partial charge in [-0.15, -0.1) is 11.3 Å². The second-order valence-electron chi connectivity index (χ2n) is 2.83.